The number of alkyl halides is 3. The Morgan fingerprint density at radius 3 is 2.40 bits per heavy atom. The SMILES string of the molecule is Cc1ccc2c(C(=O)N3CCC(C(F)(F)F)CC3)cc(-c3cncnc3)nc2c1C. The van der Waals surface area contributed by atoms with Crippen molar-refractivity contribution in [2.45, 2.75) is 32.9 Å². The standard InChI is InChI=1S/C22H21F3N4O/c1-13-3-4-17-18(21(30)29-7-5-16(6-8-29)22(23,24)25)9-19(28-20(17)14(13)2)15-10-26-12-27-11-15/h3-4,9-12,16H,5-8H2,1-2H3. The zero-order valence-electron chi connectivity index (χ0n) is 16.7. The number of hydrogen-bond donors (Lipinski definition) is 0. The highest BCUT2D eigenvalue weighted by atomic mass is 19.4. The van der Waals surface area contributed by atoms with E-state index < -0.39 is 12.1 Å². The topological polar surface area (TPSA) is 59.0 Å². The highest BCUT2D eigenvalue weighted by Gasteiger charge is 2.41. The molecule has 156 valence electrons. The smallest absolute Gasteiger partial charge is 0.339 e. The van der Waals surface area contributed by atoms with Crippen molar-refractivity contribution in [3.8, 4) is 11.3 Å². The van der Waals surface area contributed by atoms with Crippen LogP contribution in [0.15, 0.2) is 36.9 Å². The first kappa shape index (κ1) is 20.3. The van der Waals surface area contributed by atoms with Gasteiger partial charge in [-0.1, -0.05) is 12.1 Å². The van der Waals surface area contributed by atoms with Gasteiger partial charge in [0.2, 0.25) is 0 Å². The minimum Gasteiger partial charge on any atom is -0.339 e. The average molecular weight is 414 g/mol. The summed E-state index contributed by atoms with van der Waals surface area (Å²) >= 11 is 0. The maximum absolute atomic E-state index is 13.3. The lowest BCUT2D eigenvalue weighted by Gasteiger charge is -2.33. The first-order valence-electron chi connectivity index (χ1n) is 9.78. The molecule has 0 N–H and O–H groups in total. The Morgan fingerprint density at radius 1 is 1.10 bits per heavy atom. The summed E-state index contributed by atoms with van der Waals surface area (Å²) in [4.78, 5) is 27.6. The molecule has 30 heavy (non-hydrogen) atoms. The number of carbonyl (C=O) groups is 1. The van der Waals surface area contributed by atoms with Crippen LogP contribution in [-0.2, 0) is 0 Å². The van der Waals surface area contributed by atoms with Crippen molar-refractivity contribution in [2.75, 3.05) is 13.1 Å². The number of halogens is 3. The molecule has 0 unspecified atom stereocenters. The van der Waals surface area contributed by atoms with E-state index in [1.807, 2.05) is 26.0 Å². The van der Waals surface area contributed by atoms with E-state index in [4.69, 9.17) is 4.98 Å². The number of likely N-dealkylation sites (tertiary alicyclic amines) is 1. The Balaban J connectivity index is 1.76. The molecule has 0 atom stereocenters. The van der Waals surface area contributed by atoms with Gasteiger partial charge in [0.05, 0.1) is 22.7 Å². The van der Waals surface area contributed by atoms with Gasteiger partial charge in [-0.3, -0.25) is 4.79 Å². The number of pyridine rings is 1. The monoisotopic (exact) mass is 414 g/mol. The lowest BCUT2D eigenvalue weighted by Crippen LogP contribution is -2.42. The third-order valence-corrected chi connectivity index (χ3v) is 5.84. The Labute approximate surface area is 172 Å². The van der Waals surface area contributed by atoms with Crippen LogP contribution in [0.2, 0.25) is 0 Å². The zero-order chi connectivity index (χ0) is 21.5. The minimum atomic E-state index is -4.21. The summed E-state index contributed by atoms with van der Waals surface area (Å²) in [6.45, 7) is 4.08. The van der Waals surface area contributed by atoms with Crippen LogP contribution in [0.5, 0.6) is 0 Å². The van der Waals surface area contributed by atoms with Crippen molar-refractivity contribution < 1.29 is 18.0 Å². The molecule has 4 rings (SSSR count). The van der Waals surface area contributed by atoms with Gasteiger partial charge in [0.25, 0.3) is 5.91 Å². The van der Waals surface area contributed by atoms with Gasteiger partial charge < -0.3 is 4.90 Å². The van der Waals surface area contributed by atoms with Gasteiger partial charge in [-0.25, -0.2) is 15.0 Å². The first-order chi connectivity index (χ1) is 14.3. The number of aryl methyl sites for hydroxylation is 2. The lowest BCUT2D eigenvalue weighted by molar-refractivity contribution is -0.183. The van der Waals surface area contributed by atoms with Gasteiger partial charge in [-0.2, -0.15) is 13.2 Å². The summed E-state index contributed by atoms with van der Waals surface area (Å²) in [5.74, 6) is -1.62. The molecule has 0 bridgehead atoms. The van der Waals surface area contributed by atoms with Crippen LogP contribution in [0.1, 0.15) is 34.3 Å². The number of hydrogen-bond acceptors (Lipinski definition) is 4. The van der Waals surface area contributed by atoms with Crippen molar-refractivity contribution >= 4 is 16.8 Å². The van der Waals surface area contributed by atoms with Crippen LogP contribution in [0.3, 0.4) is 0 Å². The van der Waals surface area contributed by atoms with E-state index in [-0.39, 0.29) is 31.8 Å². The molecule has 1 aromatic carbocycles. The van der Waals surface area contributed by atoms with Gasteiger partial charge in [-0.05, 0) is 43.9 Å². The summed E-state index contributed by atoms with van der Waals surface area (Å²) in [5.41, 5.74) is 4.37. The van der Waals surface area contributed by atoms with Gasteiger partial charge >= 0.3 is 6.18 Å². The predicted molar refractivity (Wildman–Crippen MR) is 107 cm³/mol. The van der Waals surface area contributed by atoms with Crippen LogP contribution < -0.4 is 0 Å². The Hall–Kier alpha value is -3.03. The molecular weight excluding hydrogens is 393 g/mol. The van der Waals surface area contributed by atoms with Crippen LogP contribution in [-0.4, -0.2) is 45.0 Å². The molecule has 1 aliphatic heterocycles. The van der Waals surface area contributed by atoms with Gasteiger partial charge in [0, 0.05) is 36.4 Å². The number of carbonyl (C=O) groups excluding carboxylic acids is 1. The molecule has 0 aliphatic carbocycles. The van der Waals surface area contributed by atoms with E-state index in [1.54, 1.807) is 18.5 Å². The Kier molecular flexibility index (Phi) is 5.17. The van der Waals surface area contributed by atoms with E-state index in [1.165, 1.54) is 11.2 Å². The van der Waals surface area contributed by atoms with E-state index in [0.29, 0.717) is 27.7 Å². The van der Waals surface area contributed by atoms with E-state index in [9.17, 15) is 18.0 Å². The fourth-order valence-electron chi connectivity index (χ4n) is 3.87. The maximum Gasteiger partial charge on any atom is 0.391 e. The highest BCUT2D eigenvalue weighted by Crippen LogP contribution is 2.35. The van der Waals surface area contributed by atoms with Crippen LogP contribution in [0.4, 0.5) is 13.2 Å². The highest BCUT2D eigenvalue weighted by molar-refractivity contribution is 6.08. The second-order valence-corrected chi connectivity index (χ2v) is 7.69. The number of piperidine rings is 1. The Bertz CT molecular complexity index is 1090. The minimum absolute atomic E-state index is 0.0736. The third kappa shape index (κ3) is 3.74. The largest absolute Gasteiger partial charge is 0.391 e. The molecule has 3 heterocycles. The molecule has 5 nitrogen and oxygen atoms in total. The molecule has 8 heteroatoms. The fourth-order valence-corrected chi connectivity index (χ4v) is 3.87. The van der Waals surface area contributed by atoms with Crippen molar-refractivity contribution in [2.24, 2.45) is 5.92 Å². The van der Waals surface area contributed by atoms with Crippen LogP contribution in [0.25, 0.3) is 22.2 Å². The van der Waals surface area contributed by atoms with Gasteiger partial charge in [-0.15, -0.1) is 0 Å². The summed E-state index contributed by atoms with van der Waals surface area (Å²) < 4.78 is 39.0. The molecule has 0 saturated carbocycles. The second-order valence-electron chi connectivity index (χ2n) is 7.69. The quantitative estimate of drug-likeness (QED) is 0.609. The van der Waals surface area contributed by atoms with Gasteiger partial charge in [0.15, 0.2) is 0 Å². The van der Waals surface area contributed by atoms with Crippen molar-refractivity contribution in [1.29, 1.82) is 0 Å². The number of nitrogens with zero attached hydrogens (tertiary/aromatic N) is 4. The molecule has 1 aliphatic rings. The summed E-state index contributed by atoms with van der Waals surface area (Å²) in [6, 6.07) is 5.47. The number of aromatic nitrogens is 3. The molecule has 0 radical (unpaired) electrons. The average Bonchev–Trinajstić information content (AvgIpc) is 2.75. The number of amides is 1. The molecule has 0 spiro atoms. The molecule has 1 fully saturated rings. The van der Waals surface area contributed by atoms with E-state index >= 15 is 0 Å². The van der Waals surface area contributed by atoms with Crippen molar-refractivity contribution in [1.82, 2.24) is 19.9 Å². The fraction of sp³-hybridized carbons (Fsp3) is 0.364. The number of benzene rings is 1. The Morgan fingerprint density at radius 2 is 1.77 bits per heavy atom. The first-order valence-corrected chi connectivity index (χ1v) is 9.78. The summed E-state index contributed by atoms with van der Waals surface area (Å²) in [5, 5.41) is 0.696. The van der Waals surface area contributed by atoms with E-state index in [2.05, 4.69) is 9.97 Å². The number of rotatable bonds is 2. The van der Waals surface area contributed by atoms with Crippen molar-refractivity contribution in [3.05, 3.63) is 53.6 Å². The number of fused-ring (bicyclic) bond motifs is 1. The molecule has 3 aromatic rings. The molecule has 1 amide bonds. The van der Waals surface area contributed by atoms with Crippen LogP contribution in [0, 0.1) is 19.8 Å². The lowest BCUT2D eigenvalue weighted by atomic mass is 9.94. The zero-order valence-corrected chi connectivity index (χ0v) is 16.7. The third-order valence-electron chi connectivity index (χ3n) is 5.84. The summed E-state index contributed by atoms with van der Waals surface area (Å²) in [7, 11) is 0. The van der Waals surface area contributed by atoms with Gasteiger partial charge in [0.1, 0.15) is 6.33 Å². The van der Waals surface area contributed by atoms with Crippen LogP contribution >= 0.6 is 0 Å². The maximum atomic E-state index is 13.3. The van der Waals surface area contributed by atoms with Crippen molar-refractivity contribution in [3.63, 3.8) is 0 Å². The molecular formula is C22H21F3N4O. The second kappa shape index (κ2) is 7.66. The summed E-state index contributed by atoms with van der Waals surface area (Å²) in [6.07, 6.45) is 0.292. The molecule has 1 saturated heterocycles. The van der Waals surface area contributed by atoms with E-state index in [0.717, 1.165) is 11.1 Å². The predicted octanol–water partition coefficient (Wildman–Crippen LogP) is 4.72. The normalized spacial score (nSPS) is 15.6. The molecule has 2 aromatic heterocycles.